The van der Waals surface area contributed by atoms with Crippen molar-refractivity contribution >= 4 is 34.3 Å². The van der Waals surface area contributed by atoms with Gasteiger partial charge in [0.25, 0.3) is 5.56 Å². The fourth-order valence-electron chi connectivity index (χ4n) is 3.98. The summed E-state index contributed by atoms with van der Waals surface area (Å²) in [6.07, 6.45) is 7.85. The average molecular weight is 448 g/mol. The van der Waals surface area contributed by atoms with E-state index in [2.05, 4.69) is 11.4 Å². The molecule has 1 heterocycles. The minimum absolute atomic E-state index is 0.0407. The van der Waals surface area contributed by atoms with Crippen molar-refractivity contribution in [2.24, 2.45) is 0 Å². The highest BCUT2D eigenvalue weighted by Crippen LogP contribution is 2.26. The zero-order chi connectivity index (χ0) is 22.5. The zero-order valence-corrected chi connectivity index (χ0v) is 19.5. The van der Waals surface area contributed by atoms with E-state index in [9.17, 15) is 9.59 Å². The number of aromatic nitrogens is 2. The molecular formula is C26H29N3O2S. The predicted octanol–water partition coefficient (Wildman–Crippen LogP) is 5.71. The molecule has 1 unspecified atom stereocenters. The van der Waals surface area contributed by atoms with Crippen molar-refractivity contribution in [1.82, 2.24) is 9.55 Å². The Hall–Kier alpha value is -2.86. The van der Waals surface area contributed by atoms with Crippen molar-refractivity contribution in [3.05, 3.63) is 76.1 Å². The molecular weight excluding hydrogens is 418 g/mol. The Morgan fingerprint density at radius 3 is 2.72 bits per heavy atom. The molecule has 0 saturated heterocycles. The van der Waals surface area contributed by atoms with Crippen molar-refractivity contribution in [1.29, 1.82) is 0 Å². The molecule has 0 aliphatic heterocycles. The SMILES string of the molecule is Cc1ccccc1NC(=O)C(C)Sc1nc2ccccc2c(=O)n1CCC1=CCCCC1. The number of amides is 1. The monoisotopic (exact) mass is 447 g/mol. The summed E-state index contributed by atoms with van der Waals surface area (Å²) in [6, 6.07) is 15.1. The van der Waals surface area contributed by atoms with Crippen LogP contribution < -0.4 is 10.9 Å². The molecule has 0 radical (unpaired) electrons. The normalized spacial score (nSPS) is 14.8. The number of hydrogen-bond acceptors (Lipinski definition) is 4. The number of para-hydroxylation sites is 2. The molecule has 0 saturated carbocycles. The molecule has 1 N–H and O–H groups in total. The van der Waals surface area contributed by atoms with E-state index in [0.29, 0.717) is 22.6 Å². The van der Waals surface area contributed by atoms with Crippen LogP contribution in [-0.2, 0) is 11.3 Å². The number of carbonyl (C=O) groups is 1. The largest absolute Gasteiger partial charge is 0.325 e. The Morgan fingerprint density at radius 1 is 1.16 bits per heavy atom. The van der Waals surface area contributed by atoms with Gasteiger partial charge in [-0.2, -0.15) is 0 Å². The number of aryl methyl sites for hydroxylation is 1. The van der Waals surface area contributed by atoms with Crippen molar-refractivity contribution in [3.63, 3.8) is 0 Å². The van der Waals surface area contributed by atoms with Gasteiger partial charge in [-0.3, -0.25) is 14.2 Å². The van der Waals surface area contributed by atoms with Crippen LogP contribution in [-0.4, -0.2) is 20.7 Å². The molecule has 3 aromatic rings. The van der Waals surface area contributed by atoms with Crippen LogP contribution in [0.5, 0.6) is 0 Å². The first-order valence-electron chi connectivity index (χ1n) is 11.2. The maximum atomic E-state index is 13.3. The van der Waals surface area contributed by atoms with E-state index in [1.807, 2.05) is 62.4 Å². The third-order valence-electron chi connectivity index (χ3n) is 5.92. The van der Waals surface area contributed by atoms with Gasteiger partial charge in [0.15, 0.2) is 5.16 Å². The van der Waals surface area contributed by atoms with E-state index in [0.717, 1.165) is 30.5 Å². The third kappa shape index (κ3) is 5.13. The quantitative estimate of drug-likeness (QED) is 0.286. The number of nitrogens with zero attached hydrogens (tertiary/aromatic N) is 2. The highest BCUT2D eigenvalue weighted by atomic mass is 32.2. The molecule has 0 bridgehead atoms. The zero-order valence-electron chi connectivity index (χ0n) is 18.6. The fourth-order valence-corrected chi connectivity index (χ4v) is 4.92. The summed E-state index contributed by atoms with van der Waals surface area (Å²) < 4.78 is 1.75. The summed E-state index contributed by atoms with van der Waals surface area (Å²) in [5, 5.41) is 3.81. The fraction of sp³-hybridized carbons (Fsp3) is 0.346. The first kappa shape index (κ1) is 22.3. The molecule has 4 rings (SSSR count). The van der Waals surface area contributed by atoms with Gasteiger partial charge in [0, 0.05) is 12.2 Å². The number of fused-ring (bicyclic) bond motifs is 1. The first-order chi connectivity index (χ1) is 15.5. The molecule has 0 spiro atoms. The number of benzene rings is 2. The Labute approximate surface area is 192 Å². The molecule has 6 heteroatoms. The minimum Gasteiger partial charge on any atom is -0.325 e. The van der Waals surface area contributed by atoms with Gasteiger partial charge in [-0.25, -0.2) is 4.98 Å². The maximum Gasteiger partial charge on any atom is 0.262 e. The molecule has 1 aromatic heterocycles. The van der Waals surface area contributed by atoms with Gasteiger partial charge in [0.2, 0.25) is 5.91 Å². The second kappa shape index (κ2) is 10.2. The smallest absolute Gasteiger partial charge is 0.262 e. The van der Waals surface area contributed by atoms with Gasteiger partial charge < -0.3 is 5.32 Å². The maximum absolute atomic E-state index is 13.3. The van der Waals surface area contributed by atoms with Crippen molar-refractivity contribution < 1.29 is 4.79 Å². The molecule has 1 aliphatic rings. The van der Waals surface area contributed by atoms with Crippen LogP contribution >= 0.6 is 11.8 Å². The van der Waals surface area contributed by atoms with E-state index in [4.69, 9.17) is 4.98 Å². The minimum atomic E-state index is -0.400. The Kier molecular flexibility index (Phi) is 7.10. The van der Waals surface area contributed by atoms with Crippen LogP contribution in [0.1, 0.15) is 44.6 Å². The Balaban J connectivity index is 1.59. The van der Waals surface area contributed by atoms with Crippen molar-refractivity contribution in [2.75, 3.05) is 5.32 Å². The van der Waals surface area contributed by atoms with Gasteiger partial charge in [-0.1, -0.05) is 53.7 Å². The summed E-state index contributed by atoms with van der Waals surface area (Å²) in [6.45, 7) is 4.40. The lowest BCUT2D eigenvalue weighted by atomic mass is 9.97. The number of carbonyl (C=O) groups excluding carboxylic acids is 1. The lowest BCUT2D eigenvalue weighted by molar-refractivity contribution is -0.115. The summed E-state index contributed by atoms with van der Waals surface area (Å²) in [5.41, 5.74) is 3.86. The van der Waals surface area contributed by atoms with Crippen molar-refractivity contribution in [2.45, 2.75) is 62.9 Å². The van der Waals surface area contributed by atoms with E-state index in [1.54, 1.807) is 4.57 Å². The number of hydrogen-bond donors (Lipinski definition) is 1. The summed E-state index contributed by atoms with van der Waals surface area (Å²) in [7, 11) is 0. The van der Waals surface area contributed by atoms with Gasteiger partial charge >= 0.3 is 0 Å². The average Bonchev–Trinajstić information content (AvgIpc) is 2.81. The van der Waals surface area contributed by atoms with E-state index in [-0.39, 0.29) is 11.5 Å². The molecule has 166 valence electrons. The van der Waals surface area contributed by atoms with Crippen LogP contribution in [0.2, 0.25) is 0 Å². The van der Waals surface area contributed by atoms with E-state index in [1.165, 1.54) is 30.2 Å². The molecule has 5 nitrogen and oxygen atoms in total. The summed E-state index contributed by atoms with van der Waals surface area (Å²) in [5.74, 6) is -0.103. The molecule has 32 heavy (non-hydrogen) atoms. The molecule has 1 atom stereocenters. The van der Waals surface area contributed by atoms with Gasteiger partial charge in [0.1, 0.15) is 0 Å². The number of anilines is 1. The van der Waals surface area contributed by atoms with Crippen LogP contribution in [0.15, 0.2) is 70.1 Å². The summed E-state index contributed by atoms with van der Waals surface area (Å²) in [4.78, 5) is 30.9. The van der Waals surface area contributed by atoms with Gasteiger partial charge in [0.05, 0.1) is 16.2 Å². The summed E-state index contributed by atoms with van der Waals surface area (Å²) >= 11 is 1.34. The molecule has 0 fully saturated rings. The Bertz CT molecular complexity index is 1220. The lowest BCUT2D eigenvalue weighted by Gasteiger charge is -2.18. The second-order valence-electron chi connectivity index (χ2n) is 8.29. The number of nitrogens with one attached hydrogen (secondary N) is 1. The highest BCUT2D eigenvalue weighted by Gasteiger charge is 2.20. The van der Waals surface area contributed by atoms with E-state index >= 15 is 0 Å². The van der Waals surface area contributed by atoms with Crippen LogP contribution in [0.25, 0.3) is 10.9 Å². The van der Waals surface area contributed by atoms with Crippen LogP contribution in [0.4, 0.5) is 5.69 Å². The van der Waals surface area contributed by atoms with Gasteiger partial charge in [-0.05, 0) is 69.7 Å². The Morgan fingerprint density at radius 2 is 1.94 bits per heavy atom. The predicted molar refractivity (Wildman–Crippen MR) is 132 cm³/mol. The lowest BCUT2D eigenvalue weighted by Crippen LogP contribution is -2.27. The topological polar surface area (TPSA) is 64.0 Å². The third-order valence-corrected chi connectivity index (χ3v) is 7.01. The number of rotatable bonds is 7. The molecule has 2 aromatic carbocycles. The van der Waals surface area contributed by atoms with E-state index < -0.39 is 5.25 Å². The standard InChI is InChI=1S/C26H29N3O2S/c1-18-10-6-8-14-22(18)27-24(30)19(2)32-26-28-23-15-9-7-13-21(23)25(31)29(26)17-16-20-11-4-3-5-12-20/h6-11,13-15,19H,3-5,12,16-17H2,1-2H3,(H,27,30). The highest BCUT2D eigenvalue weighted by molar-refractivity contribution is 8.00. The van der Waals surface area contributed by atoms with Crippen LogP contribution in [0, 0.1) is 6.92 Å². The van der Waals surface area contributed by atoms with Crippen LogP contribution in [0.3, 0.4) is 0 Å². The number of thioether (sulfide) groups is 1. The van der Waals surface area contributed by atoms with Gasteiger partial charge in [-0.15, -0.1) is 0 Å². The first-order valence-corrected chi connectivity index (χ1v) is 12.1. The van der Waals surface area contributed by atoms with Crippen molar-refractivity contribution in [3.8, 4) is 0 Å². The molecule has 1 aliphatic carbocycles. The second-order valence-corrected chi connectivity index (χ2v) is 9.60. The number of allylic oxidation sites excluding steroid dienone is 2. The molecule has 1 amide bonds.